The third-order valence-corrected chi connectivity index (χ3v) is 2.00. The van der Waals surface area contributed by atoms with Crippen LogP contribution in [0.25, 0.3) is 0 Å². The van der Waals surface area contributed by atoms with Gasteiger partial charge in [-0.3, -0.25) is 4.79 Å². The third-order valence-electron chi connectivity index (χ3n) is 2.00. The molecule has 3 N–H and O–H groups in total. The van der Waals surface area contributed by atoms with Gasteiger partial charge in [0.25, 0.3) is 0 Å². The Kier molecular flexibility index (Phi) is 6.54. The maximum atomic E-state index is 11.3. The highest BCUT2D eigenvalue weighted by atomic mass is 16.1. The predicted molar refractivity (Wildman–Crippen MR) is 60.0 cm³/mol. The van der Waals surface area contributed by atoms with Crippen LogP contribution in [0, 0.1) is 0 Å². The Bertz CT molecular complexity index is 161. The average molecular weight is 200 g/mol. The Morgan fingerprint density at radius 2 is 1.93 bits per heavy atom. The summed E-state index contributed by atoms with van der Waals surface area (Å²) in [6, 6.07) is 0. The summed E-state index contributed by atoms with van der Waals surface area (Å²) in [7, 11) is 0. The Balaban J connectivity index is 3.38. The van der Waals surface area contributed by atoms with Crippen LogP contribution in [0.15, 0.2) is 0 Å². The fourth-order valence-corrected chi connectivity index (χ4v) is 1.13. The topological polar surface area (TPSA) is 55.1 Å². The Morgan fingerprint density at radius 1 is 1.29 bits per heavy atom. The number of carbonyl (C=O) groups excluding carboxylic acids is 1. The summed E-state index contributed by atoms with van der Waals surface area (Å²) in [6.07, 6.45) is 5.20. The van der Waals surface area contributed by atoms with Crippen LogP contribution in [0.1, 0.15) is 52.9 Å². The molecule has 0 unspecified atom stereocenters. The molecule has 0 heterocycles. The number of nitrogens with two attached hydrogens (primary N) is 1. The van der Waals surface area contributed by atoms with Crippen LogP contribution in [0.5, 0.6) is 0 Å². The molecule has 0 rings (SSSR count). The van der Waals surface area contributed by atoms with Crippen LogP contribution >= 0.6 is 0 Å². The second kappa shape index (κ2) is 6.82. The number of nitrogens with one attached hydrogen (secondary N) is 1. The van der Waals surface area contributed by atoms with Crippen molar-refractivity contribution in [3.63, 3.8) is 0 Å². The van der Waals surface area contributed by atoms with Gasteiger partial charge in [0.15, 0.2) is 0 Å². The Hall–Kier alpha value is -0.570. The van der Waals surface area contributed by atoms with Gasteiger partial charge in [0, 0.05) is 18.5 Å². The standard InChI is InChI=1S/C11H24N2O/c1-4-5-6-7-8-10(14)13-9-11(2,3)12/h4-9,12H2,1-3H3,(H,13,14). The lowest BCUT2D eigenvalue weighted by Gasteiger charge is -2.18. The monoisotopic (exact) mass is 200 g/mol. The van der Waals surface area contributed by atoms with Crippen LogP contribution in [0.4, 0.5) is 0 Å². The minimum atomic E-state index is -0.306. The number of unbranched alkanes of at least 4 members (excludes halogenated alkanes) is 3. The lowest BCUT2D eigenvalue weighted by Crippen LogP contribution is -2.45. The van der Waals surface area contributed by atoms with Crippen LogP contribution in [0.2, 0.25) is 0 Å². The van der Waals surface area contributed by atoms with E-state index in [1.165, 1.54) is 12.8 Å². The molecule has 0 aromatic rings. The molecule has 0 radical (unpaired) electrons. The Morgan fingerprint density at radius 3 is 2.43 bits per heavy atom. The number of amides is 1. The first-order valence-corrected chi connectivity index (χ1v) is 5.51. The van der Waals surface area contributed by atoms with Gasteiger partial charge in [-0.15, -0.1) is 0 Å². The molecular formula is C11H24N2O. The highest BCUT2D eigenvalue weighted by Crippen LogP contribution is 2.02. The zero-order chi connectivity index (χ0) is 11.0. The van der Waals surface area contributed by atoms with Crippen molar-refractivity contribution in [3.05, 3.63) is 0 Å². The minimum absolute atomic E-state index is 0.125. The van der Waals surface area contributed by atoms with Crippen LogP contribution < -0.4 is 11.1 Å². The number of carbonyl (C=O) groups is 1. The summed E-state index contributed by atoms with van der Waals surface area (Å²) in [6.45, 7) is 6.53. The molecule has 0 aliphatic heterocycles. The van der Waals surface area contributed by atoms with Crippen molar-refractivity contribution in [2.75, 3.05) is 6.54 Å². The van der Waals surface area contributed by atoms with Crippen LogP contribution in [-0.4, -0.2) is 18.0 Å². The summed E-state index contributed by atoms with van der Waals surface area (Å²) < 4.78 is 0. The largest absolute Gasteiger partial charge is 0.354 e. The summed E-state index contributed by atoms with van der Waals surface area (Å²) in [5.41, 5.74) is 5.44. The molecule has 0 aromatic carbocycles. The number of rotatable bonds is 7. The van der Waals surface area contributed by atoms with E-state index in [-0.39, 0.29) is 11.4 Å². The quantitative estimate of drug-likeness (QED) is 0.616. The van der Waals surface area contributed by atoms with Gasteiger partial charge in [-0.2, -0.15) is 0 Å². The van der Waals surface area contributed by atoms with Gasteiger partial charge in [-0.05, 0) is 20.3 Å². The first-order chi connectivity index (χ1) is 6.45. The summed E-state index contributed by atoms with van der Waals surface area (Å²) >= 11 is 0. The summed E-state index contributed by atoms with van der Waals surface area (Å²) in [4.78, 5) is 11.3. The zero-order valence-electron chi connectivity index (χ0n) is 9.73. The molecule has 0 aliphatic rings. The smallest absolute Gasteiger partial charge is 0.220 e. The third kappa shape index (κ3) is 9.52. The molecular weight excluding hydrogens is 176 g/mol. The maximum Gasteiger partial charge on any atom is 0.220 e. The van der Waals surface area contributed by atoms with Crippen molar-refractivity contribution >= 4 is 5.91 Å². The molecule has 0 saturated carbocycles. The van der Waals surface area contributed by atoms with E-state index in [2.05, 4.69) is 12.2 Å². The second-order valence-electron chi connectivity index (χ2n) is 4.58. The molecule has 1 amide bonds. The van der Waals surface area contributed by atoms with E-state index in [0.29, 0.717) is 13.0 Å². The SMILES string of the molecule is CCCCCCC(=O)NCC(C)(C)N. The van der Waals surface area contributed by atoms with E-state index >= 15 is 0 Å². The van der Waals surface area contributed by atoms with E-state index in [9.17, 15) is 4.79 Å². The van der Waals surface area contributed by atoms with Gasteiger partial charge in [0.2, 0.25) is 5.91 Å². The fraction of sp³-hybridized carbons (Fsp3) is 0.909. The second-order valence-corrected chi connectivity index (χ2v) is 4.58. The molecule has 0 aliphatic carbocycles. The number of hydrogen-bond acceptors (Lipinski definition) is 2. The lowest BCUT2D eigenvalue weighted by atomic mass is 10.1. The van der Waals surface area contributed by atoms with Gasteiger partial charge in [0.1, 0.15) is 0 Å². The molecule has 0 atom stereocenters. The van der Waals surface area contributed by atoms with Crippen LogP contribution in [0.3, 0.4) is 0 Å². The highest BCUT2D eigenvalue weighted by molar-refractivity contribution is 5.75. The van der Waals surface area contributed by atoms with Crippen molar-refractivity contribution in [1.29, 1.82) is 0 Å². The van der Waals surface area contributed by atoms with Crippen molar-refractivity contribution in [3.8, 4) is 0 Å². The molecule has 3 nitrogen and oxygen atoms in total. The first kappa shape index (κ1) is 13.4. The Labute approximate surface area is 87.4 Å². The highest BCUT2D eigenvalue weighted by Gasteiger charge is 2.11. The van der Waals surface area contributed by atoms with Gasteiger partial charge >= 0.3 is 0 Å². The first-order valence-electron chi connectivity index (χ1n) is 5.51. The summed E-state index contributed by atoms with van der Waals surface area (Å²) in [5.74, 6) is 0.125. The molecule has 3 heteroatoms. The van der Waals surface area contributed by atoms with Gasteiger partial charge in [-0.1, -0.05) is 26.2 Å². The van der Waals surface area contributed by atoms with Gasteiger partial charge in [0.05, 0.1) is 0 Å². The molecule has 0 saturated heterocycles. The maximum absolute atomic E-state index is 11.3. The van der Waals surface area contributed by atoms with Crippen molar-refractivity contribution in [2.24, 2.45) is 5.73 Å². The fourth-order valence-electron chi connectivity index (χ4n) is 1.13. The normalized spacial score (nSPS) is 11.4. The van der Waals surface area contributed by atoms with E-state index in [4.69, 9.17) is 5.73 Å². The van der Waals surface area contributed by atoms with E-state index in [1.807, 2.05) is 13.8 Å². The van der Waals surface area contributed by atoms with E-state index in [1.54, 1.807) is 0 Å². The number of hydrogen-bond donors (Lipinski definition) is 2. The zero-order valence-corrected chi connectivity index (χ0v) is 9.73. The lowest BCUT2D eigenvalue weighted by molar-refractivity contribution is -0.121. The van der Waals surface area contributed by atoms with E-state index < -0.39 is 0 Å². The van der Waals surface area contributed by atoms with Crippen molar-refractivity contribution in [2.45, 2.75) is 58.4 Å². The van der Waals surface area contributed by atoms with Crippen LogP contribution in [-0.2, 0) is 4.79 Å². The molecule has 14 heavy (non-hydrogen) atoms. The molecule has 0 fully saturated rings. The summed E-state index contributed by atoms with van der Waals surface area (Å²) in [5, 5.41) is 2.84. The average Bonchev–Trinajstić information content (AvgIpc) is 2.08. The van der Waals surface area contributed by atoms with Gasteiger partial charge < -0.3 is 11.1 Å². The minimum Gasteiger partial charge on any atom is -0.354 e. The predicted octanol–water partition coefficient (Wildman–Crippen LogP) is 1.81. The molecule has 0 spiro atoms. The molecule has 0 bridgehead atoms. The van der Waals surface area contributed by atoms with Crippen molar-refractivity contribution in [1.82, 2.24) is 5.32 Å². The molecule has 0 aromatic heterocycles. The van der Waals surface area contributed by atoms with Gasteiger partial charge in [-0.25, -0.2) is 0 Å². The van der Waals surface area contributed by atoms with Crippen molar-refractivity contribution < 1.29 is 4.79 Å². The molecule has 84 valence electrons. The van der Waals surface area contributed by atoms with E-state index in [0.717, 1.165) is 12.8 Å².